The predicted molar refractivity (Wildman–Crippen MR) is 97.7 cm³/mol. The number of urea groups is 1. The fourth-order valence-electron chi connectivity index (χ4n) is 3.21. The van der Waals surface area contributed by atoms with Gasteiger partial charge in [0.25, 0.3) is 0 Å². The maximum Gasteiger partial charge on any atom is 0.315 e. The molecule has 0 unspecified atom stereocenters. The molecule has 6 nitrogen and oxygen atoms in total. The molecule has 1 saturated heterocycles. The van der Waals surface area contributed by atoms with E-state index in [2.05, 4.69) is 10.6 Å². The number of carbonyl (C=O) groups is 2. The van der Waals surface area contributed by atoms with Gasteiger partial charge in [-0.2, -0.15) is 0 Å². The maximum atomic E-state index is 12.2. The van der Waals surface area contributed by atoms with E-state index >= 15 is 0 Å². The van der Waals surface area contributed by atoms with Crippen molar-refractivity contribution in [2.45, 2.75) is 39.7 Å². The first-order valence-electron chi connectivity index (χ1n) is 8.85. The van der Waals surface area contributed by atoms with Gasteiger partial charge in [0.15, 0.2) is 0 Å². The van der Waals surface area contributed by atoms with Crippen LogP contribution in [0.2, 0.25) is 0 Å². The number of amides is 3. The molecule has 1 aromatic carbocycles. The second kappa shape index (κ2) is 8.74. The molecule has 1 heterocycles. The number of piperidine rings is 1. The van der Waals surface area contributed by atoms with Gasteiger partial charge in [0.05, 0.1) is 13.2 Å². The highest BCUT2D eigenvalue weighted by Crippen LogP contribution is 2.26. The first-order valence-corrected chi connectivity index (χ1v) is 8.85. The Labute approximate surface area is 149 Å². The van der Waals surface area contributed by atoms with Gasteiger partial charge in [-0.1, -0.05) is 17.7 Å². The molecule has 0 spiro atoms. The summed E-state index contributed by atoms with van der Waals surface area (Å²) in [4.78, 5) is 25.4. The van der Waals surface area contributed by atoms with Crippen molar-refractivity contribution < 1.29 is 14.3 Å². The molecule has 1 aliphatic rings. The van der Waals surface area contributed by atoms with Crippen molar-refractivity contribution in [3.8, 4) is 5.75 Å². The van der Waals surface area contributed by atoms with Gasteiger partial charge < -0.3 is 20.3 Å². The third-order valence-electron chi connectivity index (χ3n) is 4.81. The normalized spacial score (nSPS) is 16.2. The largest absolute Gasteiger partial charge is 0.496 e. The quantitative estimate of drug-likeness (QED) is 0.860. The van der Waals surface area contributed by atoms with E-state index in [1.165, 1.54) is 0 Å². The van der Waals surface area contributed by atoms with E-state index < -0.39 is 0 Å². The van der Waals surface area contributed by atoms with Gasteiger partial charge in [-0.15, -0.1) is 0 Å². The van der Waals surface area contributed by atoms with Crippen LogP contribution in [0.15, 0.2) is 18.2 Å². The fraction of sp³-hybridized carbons (Fsp3) is 0.579. The lowest BCUT2D eigenvalue weighted by Gasteiger charge is -2.31. The lowest BCUT2D eigenvalue weighted by molar-refractivity contribution is -0.130. The number of methoxy groups -OCH3 is 1. The number of hydrogen-bond donors (Lipinski definition) is 2. The van der Waals surface area contributed by atoms with Crippen LogP contribution in [-0.4, -0.2) is 43.6 Å². The van der Waals surface area contributed by atoms with Crippen LogP contribution in [0.5, 0.6) is 5.75 Å². The highest BCUT2D eigenvalue weighted by Gasteiger charge is 2.21. The van der Waals surface area contributed by atoms with Gasteiger partial charge in [0.2, 0.25) is 5.91 Å². The molecule has 0 saturated carbocycles. The number of likely N-dealkylation sites (tertiary alicyclic amines) is 1. The summed E-state index contributed by atoms with van der Waals surface area (Å²) in [5, 5.41) is 5.93. The zero-order chi connectivity index (χ0) is 18.4. The van der Waals surface area contributed by atoms with Crippen molar-refractivity contribution in [2.24, 2.45) is 5.92 Å². The summed E-state index contributed by atoms with van der Waals surface area (Å²) < 4.78 is 5.38. The second-order valence-electron chi connectivity index (χ2n) is 6.77. The first kappa shape index (κ1) is 19.1. The van der Waals surface area contributed by atoms with Crippen LogP contribution in [0, 0.1) is 12.8 Å². The predicted octanol–water partition coefficient (Wildman–Crippen LogP) is 2.62. The number of nitrogens with zero attached hydrogens (tertiary/aromatic N) is 1. The number of benzene rings is 1. The molecule has 3 amide bonds. The number of aryl methyl sites for hydroxylation is 1. The summed E-state index contributed by atoms with van der Waals surface area (Å²) >= 11 is 0. The Morgan fingerprint density at radius 2 is 2.00 bits per heavy atom. The van der Waals surface area contributed by atoms with E-state index in [1.807, 2.05) is 36.9 Å². The third kappa shape index (κ3) is 5.37. The lowest BCUT2D eigenvalue weighted by Crippen LogP contribution is -2.43. The smallest absolute Gasteiger partial charge is 0.315 e. The number of carbonyl (C=O) groups excluding carboxylic acids is 2. The van der Waals surface area contributed by atoms with Crippen molar-refractivity contribution in [2.75, 3.05) is 26.7 Å². The van der Waals surface area contributed by atoms with E-state index in [4.69, 9.17) is 4.74 Å². The van der Waals surface area contributed by atoms with Gasteiger partial charge in [-0.3, -0.25) is 4.79 Å². The van der Waals surface area contributed by atoms with Gasteiger partial charge in [-0.25, -0.2) is 4.79 Å². The Balaban J connectivity index is 1.81. The minimum atomic E-state index is -0.176. The molecule has 0 aromatic heterocycles. The van der Waals surface area contributed by atoms with Crippen LogP contribution in [0.4, 0.5) is 4.79 Å². The Kier molecular flexibility index (Phi) is 6.67. The molecular weight excluding hydrogens is 318 g/mol. The van der Waals surface area contributed by atoms with Crippen molar-refractivity contribution in [1.29, 1.82) is 0 Å². The van der Waals surface area contributed by atoms with Crippen molar-refractivity contribution in [1.82, 2.24) is 15.5 Å². The van der Waals surface area contributed by atoms with E-state index in [0.29, 0.717) is 12.5 Å². The third-order valence-corrected chi connectivity index (χ3v) is 4.81. The van der Waals surface area contributed by atoms with Crippen LogP contribution < -0.4 is 15.4 Å². The van der Waals surface area contributed by atoms with Gasteiger partial charge in [-0.05, 0) is 38.7 Å². The minimum Gasteiger partial charge on any atom is -0.496 e. The van der Waals surface area contributed by atoms with Crippen LogP contribution in [0.25, 0.3) is 0 Å². The molecule has 2 rings (SSSR count). The summed E-state index contributed by atoms with van der Waals surface area (Å²) in [6.07, 6.45) is 1.86. The molecule has 25 heavy (non-hydrogen) atoms. The average Bonchev–Trinajstić information content (AvgIpc) is 2.60. The van der Waals surface area contributed by atoms with Crippen molar-refractivity contribution in [3.63, 3.8) is 0 Å². The lowest BCUT2D eigenvalue weighted by atomic mass is 9.97. The molecule has 1 atom stereocenters. The highest BCUT2D eigenvalue weighted by atomic mass is 16.5. The van der Waals surface area contributed by atoms with Crippen LogP contribution in [0.1, 0.15) is 43.9 Å². The SMILES string of the molecule is COc1ccc(C)cc1[C@H](C)NC(=O)NCC1CCN(C(C)=O)CC1. The molecule has 0 radical (unpaired) electrons. The summed E-state index contributed by atoms with van der Waals surface area (Å²) in [5.74, 6) is 1.32. The number of ether oxygens (including phenoxy) is 1. The van der Waals surface area contributed by atoms with Crippen LogP contribution >= 0.6 is 0 Å². The Morgan fingerprint density at radius 3 is 2.60 bits per heavy atom. The van der Waals surface area contributed by atoms with Crippen molar-refractivity contribution >= 4 is 11.9 Å². The van der Waals surface area contributed by atoms with Crippen LogP contribution in [0.3, 0.4) is 0 Å². The number of hydrogen-bond acceptors (Lipinski definition) is 3. The van der Waals surface area contributed by atoms with E-state index in [9.17, 15) is 9.59 Å². The molecule has 2 N–H and O–H groups in total. The molecule has 0 bridgehead atoms. The van der Waals surface area contributed by atoms with Gasteiger partial charge in [0.1, 0.15) is 5.75 Å². The standard InChI is InChI=1S/C19H29N3O3/c1-13-5-6-18(25-4)17(11-13)14(2)21-19(24)20-12-16-7-9-22(10-8-16)15(3)23/h5-6,11,14,16H,7-10,12H2,1-4H3,(H2,20,21,24)/t14-/m0/s1. The monoisotopic (exact) mass is 347 g/mol. The zero-order valence-electron chi connectivity index (χ0n) is 15.6. The Morgan fingerprint density at radius 1 is 1.32 bits per heavy atom. The number of rotatable bonds is 5. The average molecular weight is 347 g/mol. The highest BCUT2D eigenvalue weighted by molar-refractivity contribution is 5.74. The molecule has 1 fully saturated rings. The fourth-order valence-corrected chi connectivity index (χ4v) is 3.21. The first-order chi connectivity index (χ1) is 11.9. The van der Waals surface area contributed by atoms with Gasteiger partial charge >= 0.3 is 6.03 Å². The second-order valence-corrected chi connectivity index (χ2v) is 6.77. The molecule has 1 aromatic rings. The Hall–Kier alpha value is -2.24. The molecule has 138 valence electrons. The summed E-state index contributed by atoms with van der Waals surface area (Å²) in [6, 6.07) is 5.62. The maximum absolute atomic E-state index is 12.2. The molecule has 6 heteroatoms. The van der Waals surface area contributed by atoms with Crippen LogP contribution in [-0.2, 0) is 4.79 Å². The molecular formula is C19H29N3O3. The molecule has 0 aliphatic carbocycles. The summed E-state index contributed by atoms with van der Waals surface area (Å²) in [7, 11) is 1.63. The van der Waals surface area contributed by atoms with Gasteiger partial charge in [0, 0.05) is 32.1 Å². The van der Waals surface area contributed by atoms with E-state index in [0.717, 1.165) is 42.8 Å². The zero-order valence-corrected chi connectivity index (χ0v) is 15.6. The number of nitrogens with one attached hydrogen (secondary N) is 2. The van der Waals surface area contributed by atoms with Crippen molar-refractivity contribution in [3.05, 3.63) is 29.3 Å². The topological polar surface area (TPSA) is 70.7 Å². The minimum absolute atomic E-state index is 0.130. The Bertz CT molecular complexity index is 610. The summed E-state index contributed by atoms with van der Waals surface area (Å²) in [6.45, 7) is 7.76. The van der Waals surface area contributed by atoms with E-state index in [1.54, 1.807) is 14.0 Å². The molecule has 1 aliphatic heterocycles. The van der Waals surface area contributed by atoms with E-state index in [-0.39, 0.29) is 18.0 Å². The summed E-state index contributed by atoms with van der Waals surface area (Å²) in [5.41, 5.74) is 2.09.